The van der Waals surface area contributed by atoms with Crippen LogP contribution in [-0.4, -0.2) is 42.1 Å². The number of carbonyl (C=O) groups is 3. The largest absolute Gasteiger partial charge is 0.478 e. The molecule has 1 atom stereocenters. The standard InChI is InChI=1S/C13H16N2O5/c1-13(7-20-2,12(14)19)15-10(16)8-3-5-9(6-4-8)11(17)18/h3-6H,7H2,1-2H3,(H2,14,19)(H,15,16)(H,17,18). The van der Waals surface area contributed by atoms with E-state index in [1.165, 1.54) is 38.3 Å². The third-order valence-corrected chi connectivity index (χ3v) is 2.76. The fourth-order valence-corrected chi connectivity index (χ4v) is 1.54. The number of rotatable bonds is 6. The summed E-state index contributed by atoms with van der Waals surface area (Å²) in [7, 11) is 1.38. The molecule has 1 unspecified atom stereocenters. The van der Waals surface area contributed by atoms with E-state index in [1.54, 1.807) is 0 Å². The molecule has 0 spiro atoms. The van der Waals surface area contributed by atoms with E-state index in [0.29, 0.717) is 0 Å². The topological polar surface area (TPSA) is 119 Å². The molecule has 0 aromatic heterocycles. The van der Waals surface area contributed by atoms with Crippen LogP contribution in [0.4, 0.5) is 0 Å². The molecule has 20 heavy (non-hydrogen) atoms. The molecule has 108 valence electrons. The second-order valence-electron chi connectivity index (χ2n) is 4.47. The molecule has 2 amide bonds. The molecule has 0 heterocycles. The Morgan fingerprint density at radius 1 is 1.25 bits per heavy atom. The van der Waals surface area contributed by atoms with Gasteiger partial charge in [0.25, 0.3) is 5.91 Å². The smallest absolute Gasteiger partial charge is 0.335 e. The summed E-state index contributed by atoms with van der Waals surface area (Å²) in [5, 5.41) is 11.2. The molecule has 1 aromatic carbocycles. The van der Waals surface area contributed by atoms with Crippen LogP contribution in [0, 0.1) is 0 Å². The highest BCUT2D eigenvalue weighted by molar-refractivity contribution is 5.99. The lowest BCUT2D eigenvalue weighted by atomic mass is 10.0. The van der Waals surface area contributed by atoms with E-state index in [9.17, 15) is 14.4 Å². The van der Waals surface area contributed by atoms with Gasteiger partial charge in [0, 0.05) is 12.7 Å². The highest BCUT2D eigenvalue weighted by Gasteiger charge is 2.33. The Balaban J connectivity index is 2.89. The molecule has 0 saturated carbocycles. The van der Waals surface area contributed by atoms with Crippen molar-refractivity contribution in [3.8, 4) is 0 Å². The van der Waals surface area contributed by atoms with Crippen molar-refractivity contribution in [3.05, 3.63) is 35.4 Å². The number of primary amides is 1. The Morgan fingerprint density at radius 2 is 1.75 bits per heavy atom. The lowest BCUT2D eigenvalue weighted by Gasteiger charge is -2.26. The van der Waals surface area contributed by atoms with Crippen LogP contribution in [-0.2, 0) is 9.53 Å². The van der Waals surface area contributed by atoms with Gasteiger partial charge in [0.1, 0.15) is 5.54 Å². The molecule has 1 aromatic rings. The van der Waals surface area contributed by atoms with Gasteiger partial charge in [0.15, 0.2) is 0 Å². The second kappa shape index (κ2) is 6.16. The first-order valence-corrected chi connectivity index (χ1v) is 5.75. The zero-order chi connectivity index (χ0) is 15.3. The fourth-order valence-electron chi connectivity index (χ4n) is 1.54. The van der Waals surface area contributed by atoms with Gasteiger partial charge in [-0.3, -0.25) is 9.59 Å². The third kappa shape index (κ3) is 3.55. The van der Waals surface area contributed by atoms with Gasteiger partial charge in [0.05, 0.1) is 12.2 Å². The minimum Gasteiger partial charge on any atom is -0.478 e. The minimum absolute atomic E-state index is 0.0658. The van der Waals surface area contributed by atoms with Crippen LogP contribution in [0.25, 0.3) is 0 Å². The summed E-state index contributed by atoms with van der Waals surface area (Å²) in [4.78, 5) is 34.1. The molecule has 0 aliphatic carbocycles. The molecular weight excluding hydrogens is 264 g/mol. The summed E-state index contributed by atoms with van der Waals surface area (Å²) in [5.41, 5.74) is 4.19. The lowest BCUT2D eigenvalue weighted by Crippen LogP contribution is -2.58. The van der Waals surface area contributed by atoms with Gasteiger partial charge in [0.2, 0.25) is 5.91 Å². The first-order valence-electron chi connectivity index (χ1n) is 5.75. The number of hydrogen-bond donors (Lipinski definition) is 3. The van der Waals surface area contributed by atoms with E-state index in [0.717, 1.165) is 0 Å². The monoisotopic (exact) mass is 280 g/mol. The van der Waals surface area contributed by atoms with Crippen molar-refractivity contribution in [1.82, 2.24) is 5.32 Å². The Hall–Kier alpha value is -2.41. The molecule has 7 nitrogen and oxygen atoms in total. The minimum atomic E-state index is -1.34. The van der Waals surface area contributed by atoms with Crippen LogP contribution in [0.5, 0.6) is 0 Å². The van der Waals surface area contributed by atoms with Gasteiger partial charge >= 0.3 is 5.97 Å². The van der Waals surface area contributed by atoms with Gasteiger partial charge in [-0.1, -0.05) is 0 Å². The zero-order valence-corrected chi connectivity index (χ0v) is 11.2. The van der Waals surface area contributed by atoms with E-state index >= 15 is 0 Å². The molecule has 0 fully saturated rings. The number of nitrogens with two attached hydrogens (primary N) is 1. The summed E-state index contributed by atoms with van der Waals surface area (Å²) in [6.07, 6.45) is 0. The Bertz CT molecular complexity index is 526. The van der Waals surface area contributed by atoms with Crippen molar-refractivity contribution in [2.75, 3.05) is 13.7 Å². The molecule has 0 radical (unpaired) electrons. The maximum absolute atomic E-state index is 12.0. The predicted octanol–water partition coefficient (Wildman–Crippen LogP) is 0.00500. The fraction of sp³-hybridized carbons (Fsp3) is 0.308. The highest BCUT2D eigenvalue weighted by Crippen LogP contribution is 2.09. The predicted molar refractivity (Wildman–Crippen MR) is 70.3 cm³/mol. The molecule has 1 rings (SSSR count). The number of carboxylic acid groups (broad SMARTS) is 1. The summed E-state index contributed by atoms with van der Waals surface area (Å²) >= 11 is 0. The van der Waals surface area contributed by atoms with Gasteiger partial charge < -0.3 is 20.9 Å². The molecule has 0 aliphatic heterocycles. The van der Waals surface area contributed by atoms with Crippen LogP contribution >= 0.6 is 0 Å². The molecule has 0 saturated heterocycles. The number of carbonyl (C=O) groups excluding carboxylic acids is 2. The van der Waals surface area contributed by atoms with Crippen molar-refractivity contribution >= 4 is 17.8 Å². The molecule has 7 heteroatoms. The maximum atomic E-state index is 12.0. The zero-order valence-electron chi connectivity index (χ0n) is 11.2. The van der Waals surface area contributed by atoms with Crippen LogP contribution < -0.4 is 11.1 Å². The summed E-state index contributed by atoms with van der Waals surface area (Å²) in [6.45, 7) is 1.38. The van der Waals surface area contributed by atoms with Crippen LogP contribution in [0.2, 0.25) is 0 Å². The van der Waals surface area contributed by atoms with Gasteiger partial charge in [-0.25, -0.2) is 4.79 Å². The normalized spacial score (nSPS) is 13.3. The molecule has 0 bridgehead atoms. The number of benzene rings is 1. The first-order chi connectivity index (χ1) is 9.30. The van der Waals surface area contributed by atoms with Crippen LogP contribution in [0.3, 0.4) is 0 Å². The van der Waals surface area contributed by atoms with Crippen molar-refractivity contribution < 1.29 is 24.2 Å². The van der Waals surface area contributed by atoms with Crippen molar-refractivity contribution in [3.63, 3.8) is 0 Å². The van der Waals surface area contributed by atoms with E-state index in [2.05, 4.69) is 5.32 Å². The van der Waals surface area contributed by atoms with E-state index < -0.39 is 23.3 Å². The van der Waals surface area contributed by atoms with Crippen LogP contribution in [0.15, 0.2) is 24.3 Å². The molecule has 0 aliphatic rings. The number of methoxy groups -OCH3 is 1. The summed E-state index contributed by atoms with van der Waals surface area (Å²) < 4.78 is 4.86. The number of hydrogen-bond acceptors (Lipinski definition) is 4. The highest BCUT2D eigenvalue weighted by atomic mass is 16.5. The number of amides is 2. The average molecular weight is 280 g/mol. The Kier molecular flexibility index (Phi) is 4.82. The van der Waals surface area contributed by atoms with E-state index in [1.807, 2.05) is 0 Å². The number of carboxylic acids is 1. The first kappa shape index (κ1) is 15.6. The number of nitrogens with one attached hydrogen (secondary N) is 1. The second-order valence-corrected chi connectivity index (χ2v) is 4.47. The van der Waals surface area contributed by atoms with E-state index in [-0.39, 0.29) is 17.7 Å². The van der Waals surface area contributed by atoms with Crippen molar-refractivity contribution in [2.45, 2.75) is 12.5 Å². The summed E-state index contributed by atoms with van der Waals surface area (Å²) in [5.74, 6) is -2.35. The number of aromatic carboxylic acids is 1. The summed E-state index contributed by atoms with van der Waals surface area (Å²) in [6, 6.07) is 5.31. The van der Waals surface area contributed by atoms with Gasteiger partial charge in [-0.05, 0) is 31.2 Å². The van der Waals surface area contributed by atoms with Crippen LogP contribution in [0.1, 0.15) is 27.6 Å². The van der Waals surface area contributed by atoms with Gasteiger partial charge in [-0.15, -0.1) is 0 Å². The third-order valence-electron chi connectivity index (χ3n) is 2.76. The average Bonchev–Trinajstić information content (AvgIpc) is 2.38. The van der Waals surface area contributed by atoms with E-state index in [4.69, 9.17) is 15.6 Å². The SMILES string of the molecule is COCC(C)(NC(=O)c1ccc(C(=O)O)cc1)C(N)=O. The lowest BCUT2D eigenvalue weighted by molar-refractivity contribution is -0.125. The van der Waals surface area contributed by atoms with Gasteiger partial charge in [-0.2, -0.15) is 0 Å². The Morgan fingerprint density at radius 3 is 2.15 bits per heavy atom. The quantitative estimate of drug-likeness (QED) is 0.678. The van der Waals surface area contributed by atoms with Crippen molar-refractivity contribution in [2.24, 2.45) is 5.73 Å². The molecule has 4 N–H and O–H groups in total. The molecular formula is C13H16N2O5. The Labute approximate surface area is 115 Å². The van der Waals surface area contributed by atoms with Crippen molar-refractivity contribution in [1.29, 1.82) is 0 Å². The maximum Gasteiger partial charge on any atom is 0.335 e. The number of ether oxygens (including phenoxy) is 1.